The van der Waals surface area contributed by atoms with Crippen LogP contribution in [0.25, 0.3) is 0 Å². The van der Waals surface area contributed by atoms with Gasteiger partial charge in [-0.3, -0.25) is 0 Å². The minimum absolute atomic E-state index is 0.122. The highest BCUT2D eigenvalue weighted by molar-refractivity contribution is 9.10. The van der Waals surface area contributed by atoms with Gasteiger partial charge in [-0.05, 0) is 30.2 Å². The SMILES string of the molecule is CC(NCc1ccc(C(N)=NO)cc1)c1cccc(Br)c1. The number of hydrogen-bond donors (Lipinski definition) is 3. The molecule has 0 spiro atoms. The molecule has 2 rings (SSSR count). The third-order valence-corrected chi connectivity index (χ3v) is 3.81. The number of halogens is 1. The molecule has 4 N–H and O–H groups in total. The van der Waals surface area contributed by atoms with Gasteiger partial charge in [-0.15, -0.1) is 0 Å². The Hall–Kier alpha value is -1.85. The predicted molar refractivity (Wildman–Crippen MR) is 88.3 cm³/mol. The Balaban J connectivity index is 1.96. The maximum absolute atomic E-state index is 8.63. The van der Waals surface area contributed by atoms with Crippen molar-refractivity contribution in [3.63, 3.8) is 0 Å². The van der Waals surface area contributed by atoms with Gasteiger partial charge in [0.15, 0.2) is 5.84 Å². The number of amidine groups is 1. The van der Waals surface area contributed by atoms with Gasteiger partial charge >= 0.3 is 0 Å². The first-order chi connectivity index (χ1) is 10.1. The summed E-state index contributed by atoms with van der Waals surface area (Å²) in [6, 6.07) is 16.1. The van der Waals surface area contributed by atoms with Crippen LogP contribution in [0, 0.1) is 0 Å². The molecule has 0 fully saturated rings. The van der Waals surface area contributed by atoms with Gasteiger partial charge in [-0.1, -0.05) is 57.5 Å². The van der Waals surface area contributed by atoms with Crippen LogP contribution < -0.4 is 11.1 Å². The van der Waals surface area contributed by atoms with E-state index in [4.69, 9.17) is 10.9 Å². The molecular formula is C16H18BrN3O. The lowest BCUT2D eigenvalue weighted by Crippen LogP contribution is -2.18. The zero-order valence-corrected chi connectivity index (χ0v) is 13.3. The van der Waals surface area contributed by atoms with Gasteiger partial charge in [0.05, 0.1) is 0 Å². The molecule has 0 saturated carbocycles. The summed E-state index contributed by atoms with van der Waals surface area (Å²) in [7, 11) is 0. The van der Waals surface area contributed by atoms with E-state index in [1.54, 1.807) is 0 Å². The van der Waals surface area contributed by atoms with E-state index in [0.717, 1.165) is 16.6 Å². The first kappa shape index (κ1) is 15.5. The maximum atomic E-state index is 8.63. The second-order valence-electron chi connectivity index (χ2n) is 4.84. The Morgan fingerprint density at radius 2 is 2.00 bits per heavy atom. The Morgan fingerprint density at radius 3 is 2.62 bits per heavy atom. The van der Waals surface area contributed by atoms with E-state index in [1.165, 1.54) is 5.56 Å². The molecule has 0 amide bonds. The highest BCUT2D eigenvalue weighted by Gasteiger charge is 2.05. The van der Waals surface area contributed by atoms with Gasteiger partial charge < -0.3 is 16.3 Å². The lowest BCUT2D eigenvalue weighted by atomic mass is 10.1. The average molecular weight is 348 g/mol. The Labute approximate surface area is 132 Å². The predicted octanol–water partition coefficient (Wildman–Crippen LogP) is 3.39. The van der Waals surface area contributed by atoms with Crippen molar-refractivity contribution in [3.05, 3.63) is 69.7 Å². The van der Waals surface area contributed by atoms with Crippen LogP contribution in [0.2, 0.25) is 0 Å². The summed E-state index contributed by atoms with van der Waals surface area (Å²) in [6.45, 7) is 2.89. The van der Waals surface area contributed by atoms with Crippen LogP contribution in [0.15, 0.2) is 58.2 Å². The Morgan fingerprint density at radius 1 is 1.29 bits per heavy atom. The van der Waals surface area contributed by atoms with Crippen LogP contribution in [0.5, 0.6) is 0 Å². The van der Waals surface area contributed by atoms with Crippen LogP contribution >= 0.6 is 15.9 Å². The largest absolute Gasteiger partial charge is 0.409 e. The summed E-state index contributed by atoms with van der Waals surface area (Å²) in [4.78, 5) is 0. The monoisotopic (exact) mass is 347 g/mol. The molecule has 1 atom stereocenters. The number of rotatable bonds is 5. The molecule has 0 heterocycles. The van der Waals surface area contributed by atoms with Crippen LogP contribution in [-0.4, -0.2) is 11.0 Å². The second-order valence-corrected chi connectivity index (χ2v) is 5.76. The molecule has 2 aromatic rings. The highest BCUT2D eigenvalue weighted by atomic mass is 79.9. The highest BCUT2D eigenvalue weighted by Crippen LogP contribution is 2.18. The summed E-state index contributed by atoms with van der Waals surface area (Å²) in [5, 5.41) is 15.1. The molecule has 0 aromatic heterocycles. The molecule has 0 bridgehead atoms. The first-order valence-electron chi connectivity index (χ1n) is 6.66. The topological polar surface area (TPSA) is 70.6 Å². The molecule has 4 nitrogen and oxygen atoms in total. The molecule has 0 aliphatic rings. The molecule has 0 radical (unpaired) electrons. The van der Waals surface area contributed by atoms with Crippen LogP contribution in [0.1, 0.15) is 29.7 Å². The van der Waals surface area contributed by atoms with Gasteiger partial charge in [0.2, 0.25) is 0 Å². The summed E-state index contributed by atoms with van der Waals surface area (Å²) in [5.41, 5.74) is 8.62. The summed E-state index contributed by atoms with van der Waals surface area (Å²) in [5.74, 6) is 0.122. The fraction of sp³-hybridized carbons (Fsp3) is 0.188. The average Bonchev–Trinajstić information content (AvgIpc) is 2.52. The zero-order chi connectivity index (χ0) is 15.2. The fourth-order valence-corrected chi connectivity index (χ4v) is 2.43. The smallest absolute Gasteiger partial charge is 0.170 e. The van der Waals surface area contributed by atoms with Gasteiger partial charge in [-0.2, -0.15) is 0 Å². The first-order valence-corrected chi connectivity index (χ1v) is 7.45. The number of nitrogens with one attached hydrogen (secondary N) is 1. The lowest BCUT2D eigenvalue weighted by molar-refractivity contribution is 0.318. The number of hydrogen-bond acceptors (Lipinski definition) is 3. The fourth-order valence-electron chi connectivity index (χ4n) is 2.02. The van der Waals surface area contributed by atoms with Crippen LogP contribution in [0.3, 0.4) is 0 Å². The summed E-state index contributed by atoms with van der Waals surface area (Å²) >= 11 is 3.48. The molecule has 5 heteroatoms. The van der Waals surface area contributed by atoms with E-state index in [9.17, 15) is 0 Å². The van der Waals surface area contributed by atoms with Crippen molar-refractivity contribution in [1.29, 1.82) is 0 Å². The molecule has 0 aliphatic heterocycles. The van der Waals surface area contributed by atoms with E-state index in [-0.39, 0.29) is 11.9 Å². The quantitative estimate of drug-likeness (QED) is 0.336. The Kier molecular flexibility index (Phi) is 5.36. The van der Waals surface area contributed by atoms with Gasteiger partial charge in [-0.25, -0.2) is 0 Å². The molecular weight excluding hydrogens is 330 g/mol. The molecule has 0 aliphatic carbocycles. The van der Waals surface area contributed by atoms with Gasteiger partial charge in [0.25, 0.3) is 0 Å². The standard InChI is InChI=1S/C16H18BrN3O/c1-11(14-3-2-4-15(17)9-14)19-10-12-5-7-13(8-6-12)16(18)20-21/h2-9,11,19,21H,10H2,1H3,(H2,18,20). The minimum atomic E-state index is 0.122. The maximum Gasteiger partial charge on any atom is 0.170 e. The van der Waals surface area contributed by atoms with Crippen molar-refractivity contribution >= 4 is 21.8 Å². The van der Waals surface area contributed by atoms with Gasteiger partial charge in [0, 0.05) is 22.6 Å². The molecule has 1 unspecified atom stereocenters. The molecule has 2 aromatic carbocycles. The zero-order valence-electron chi connectivity index (χ0n) is 11.8. The normalized spacial score (nSPS) is 13.1. The number of nitrogens with two attached hydrogens (primary N) is 1. The number of nitrogens with zero attached hydrogens (tertiary/aromatic N) is 1. The number of oxime groups is 1. The second kappa shape index (κ2) is 7.24. The molecule has 110 valence electrons. The van der Waals surface area contributed by atoms with E-state index in [1.807, 2.05) is 36.4 Å². The lowest BCUT2D eigenvalue weighted by Gasteiger charge is -2.15. The van der Waals surface area contributed by atoms with Gasteiger partial charge in [0.1, 0.15) is 0 Å². The van der Waals surface area contributed by atoms with Crippen molar-refractivity contribution in [2.45, 2.75) is 19.5 Å². The van der Waals surface area contributed by atoms with E-state index < -0.39 is 0 Å². The number of benzene rings is 2. The van der Waals surface area contributed by atoms with E-state index in [0.29, 0.717) is 5.56 Å². The third-order valence-electron chi connectivity index (χ3n) is 3.32. The Bertz CT molecular complexity index is 626. The van der Waals surface area contributed by atoms with Crippen molar-refractivity contribution in [1.82, 2.24) is 5.32 Å². The summed E-state index contributed by atoms with van der Waals surface area (Å²) < 4.78 is 1.08. The van der Waals surface area contributed by atoms with Crippen LogP contribution in [0.4, 0.5) is 0 Å². The van der Waals surface area contributed by atoms with Crippen molar-refractivity contribution in [3.8, 4) is 0 Å². The van der Waals surface area contributed by atoms with Crippen LogP contribution in [-0.2, 0) is 6.54 Å². The van der Waals surface area contributed by atoms with E-state index in [2.05, 4.69) is 45.5 Å². The molecule has 0 saturated heterocycles. The van der Waals surface area contributed by atoms with E-state index >= 15 is 0 Å². The van der Waals surface area contributed by atoms with Crippen molar-refractivity contribution in [2.24, 2.45) is 10.9 Å². The van der Waals surface area contributed by atoms with Crippen molar-refractivity contribution < 1.29 is 5.21 Å². The summed E-state index contributed by atoms with van der Waals surface area (Å²) in [6.07, 6.45) is 0. The third kappa shape index (κ3) is 4.31. The molecule has 21 heavy (non-hydrogen) atoms. The minimum Gasteiger partial charge on any atom is -0.409 e. The van der Waals surface area contributed by atoms with Crippen molar-refractivity contribution in [2.75, 3.05) is 0 Å².